The molecule has 1 atom stereocenters. The number of ether oxygens (including phenoxy) is 1. The Morgan fingerprint density at radius 3 is 2.53 bits per heavy atom. The zero-order chi connectivity index (χ0) is 35.5. The van der Waals surface area contributed by atoms with Crippen molar-refractivity contribution in [3.63, 3.8) is 0 Å². The maximum Gasteiger partial charge on any atom is 0.329 e. The predicted molar refractivity (Wildman–Crippen MR) is 195 cm³/mol. The summed E-state index contributed by atoms with van der Waals surface area (Å²) in [5, 5.41) is 21.0. The Morgan fingerprint density at radius 2 is 1.73 bits per heavy atom. The Kier molecular flexibility index (Phi) is 9.71. The fraction of sp³-hybridized carbons (Fsp3) is 0.342. The Hall–Kier alpha value is -5.69. The summed E-state index contributed by atoms with van der Waals surface area (Å²) in [6.07, 6.45) is 3.16. The molecule has 2 fully saturated rings. The Labute approximate surface area is 295 Å². The molecule has 5 aromatic rings. The molecule has 0 saturated carbocycles. The average Bonchev–Trinajstić information content (AvgIpc) is 3.37. The SMILES string of the molecule is Cn1c(=O)n(C2CCC(=O)NC2=O)c2ccc(CCCCOc3cccc(CN4CCN(c5cc(-c6ccccc6O)nnc5N)CC4)c3)cc21. The highest BCUT2D eigenvalue weighted by Crippen LogP contribution is 2.32. The van der Waals surface area contributed by atoms with E-state index < -0.39 is 11.9 Å². The molecule has 13 nitrogen and oxygen atoms in total. The van der Waals surface area contributed by atoms with Crippen LogP contribution in [0.5, 0.6) is 11.5 Å². The number of benzene rings is 3. The second-order valence-corrected chi connectivity index (χ2v) is 13.2. The summed E-state index contributed by atoms with van der Waals surface area (Å²) < 4.78 is 9.21. The van der Waals surface area contributed by atoms with Crippen molar-refractivity contribution in [2.24, 2.45) is 7.05 Å². The molecule has 3 aromatic carbocycles. The van der Waals surface area contributed by atoms with Gasteiger partial charge in [0.2, 0.25) is 11.8 Å². The molecular weight excluding hydrogens is 648 g/mol. The van der Waals surface area contributed by atoms with Gasteiger partial charge in [-0.3, -0.25) is 28.9 Å². The Morgan fingerprint density at radius 1 is 0.902 bits per heavy atom. The number of hydrogen-bond acceptors (Lipinski definition) is 10. The number of para-hydroxylation sites is 1. The number of carbonyl (C=O) groups excluding carboxylic acids is 2. The lowest BCUT2D eigenvalue weighted by Crippen LogP contribution is -2.46. The molecule has 51 heavy (non-hydrogen) atoms. The molecule has 4 heterocycles. The Balaban J connectivity index is 0.885. The number of anilines is 2. The maximum absolute atomic E-state index is 13.1. The van der Waals surface area contributed by atoms with Gasteiger partial charge in [-0.1, -0.05) is 30.3 Å². The number of phenolic OH excluding ortho intramolecular Hbond substituents is 1. The minimum absolute atomic E-state index is 0.157. The Bertz CT molecular complexity index is 2130. The molecule has 4 N–H and O–H groups in total. The van der Waals surface area contributed by atoms with E-state index in [1.807, 2.05) is 48.5 Å². The molecule has 7 rings (SSSR count). The summed E-state index contributed by atoms with van der Waals surface area (Å²) in [5.41, 5.74) is 11.8. The third-order valence-electron chi connectivity index (χ3n) is 9.80. The molecule has 13 heteroatoms. The zero-order valence-corrected chi connectivity index (χ0v) is 28.6. The van der Waals surface area contributed by atoms with Crippen LogP contribution in [-0.4, -0.2) is 73.9 Å². The van der Waals surface area contributed by atoms with Crippen LogP contribution in [0, 0.1) is 0 Å². The summed E-state index contributed by atoms with van der Waals surface area (Å²) in [6.45, 7) is 4.72. The smallest absolute Gasteiger partial charge is 0.329 e. The minimum atomic E-state index is -0.687. The molecule has 0 bridgehead atoms. The minimum Gasteiger partial charge on any atom is -0.507 e. The largest absolute Gasteiger partial charge is 0.507 e. The summed E-state index contributed by atoms with van der Waals surface area (Å²) in [5.74, 6) is 0.653. The van der Waals surface area contributed by atoms with Crippen LogP contribution in [0.25, 0.3) is 22.3 Å². The van der Waals surface area contributed by atoms with E-state index in [0.29, 0.717) is 35.6 Å². The number of carbonyl (C=O) groups is 2. The lowest BCUT2D eigenvalue weighted by molar-refractivity contribution is -0.135. The van der Waals surface area contributed by atoms with E-state index in [1.54, 1.807) is 23.7 Å². The van der Waals surface area contributed by atoms with Crippen molar-refractivity contribution < 1.29 is 19.4 Å². The number of aryl methyl sites for hydroxylation is 2. The topological polar surface area (TPSA) is 161 Å². The monoisotopic (exact) mass is 690 g/mol. The third kappa shape index (κ3) is 7.29. The number of piperidine rings is 1. The van der Waals surface area contributed by atoms with E-state index >= 15 is 0 Å². The lowest BCUT2D eigenvalue weighted by atomic mass is 10.0. The number of aromatic nitrogens is 4. The first-order valence-corrected chi connectivity index (χ1v) is 17.4. The fourth-order valence-electron chi connectivity index (χ4n) is 7.02. The predicted octanol–water partition coefficient (Wildman–Crippen LogP) is 3.79. The first-order chi connectivity index (χ1) is 24.7. The number of nitrogens with two attached hydrogens (primary N) is 1. The van der Waals surface area contributed by atoms with Crippen LogP contribution in [0.2, 0.25) is 0 Å². The van der Waals surface area contributed by atoms with Gasteiger partial charge in [0.1, 0.15) is 17.5 Å². The van der Waals surface area contributed by atoms with Crippen molar-refractivity contribution in [2.45, 2.75) is 44.7 Å². The average molecular weight is 691 g/mol. The summed E-state index contributed by atoms with van der Waals surface area (Å²) >= 11 is 0. The van der Waals surface area contributed by atoms with Gasteiger partial charge in [-0.05, 0) is 79.3 Å². The number of nitrogen functional groups attached to an aromatic ring is 1. The molecule has 264 valence electrons. The van der Waals surface area contributed by atoms with E-state index in [0.717, 1.165) is 74.5 Å². The number of aromatic hydroxyl groups is 1. The number of amides is 2. The van der Waals surface area contributed by atoms with E-state index in [9.17, 15) is 19.5 Å². The highest BCUT2D eigenvalue weighted by atomic mass is 16.5. The van der Waals surface area contributed by atoms with Gasteiger partial charge in [0.25, 0.3) is 0 Å². The van der Waals surface area contributed by atoms with Crippen LogP contribution in [0.15, 0.2) is 77.6 Å². The molecule has 2 saturated heterocycles. The van der Waals surface area contributed by atoms with Crippen LogP contribution in [0.3, 0.4) is 0 Å². The molecule has 2 aromatic heterocycles. The molecule has 0 spiro atoms. The number of phenols is 1. The van der Waals surface area contributed by atoms with Crippen LogP contribution >= 0.6 is 0 Å². The summed E-state index contributed by atoms with van der Waals surface area (Å²) in [7, 11) is 1.71. The van der Waals surface area contributed by atoms with Crippen molar-refractivity contribution >= 4 is 34.4 Å². The molecular formula is C38H42N8O5. The van der Waals surface area contributed by atoms with Crippen LogP contribution in [0.4, 0.5) is 11.5 Å². The number of nitrogens with one attached hydrogen (secondary N) is 1. The van der Waals surface area contributed by atoms with Gasteiger partial charge in [-0.2, -0.15) is 0 Å². The number of fused-ring (bicyclic) bond motifs is 1. The number of imidazole rings is 1. The lowest BCUT2D eigenvalue weighted by Gasteiger charge is -2.36. The van der Waals surface area contributed by atoms with Crippen LogP contribution in [0.1, 0.15) is 42.9 Å². The van der Waals surface area contributed by atoms with Gasteiger partial charge in [0.15, 0.2) is 5.82 Å². The third-order valence-corrected chi connectivity index (χ3v) is 9.80. The first-order valence-electron chi connectivity index (χ1n) is 17.4. The van der Waals surface area contributed by atoms with E-state index in [4.69, 9.17) is 10.5 Å². The van der Waals surface area contributed by atoms with Crippen molar-refractivity contribution in [1.29, 1.82) is 0 Å². The van der Waals surface area contributed by atoms with E-state index in [1.165, 1.54) is 10.1 Å². The molecule has 2 aliphatic rings. The quantitative estimate of drug-likeness (QED) is 0.137. The van der Waals surface area contributed by atoms with Crippen molar-refractivity contribution in [2.75, 3.05) is 43.4 Å². The fourth-order valence-corrected chi connectivity index (χ4v) is 7.02. The second-order valence-electron chi connectivity index (χ2n) is 13.2. The summed E-state index contributed by atoms with van der Waals surface area (Å²) in [6, 6.07) is 22.5. The molecule has 2 aliphatic heterocycles. The van der Waals surface area contributed by atoms with Gasteiger partial charge in [-0.15, -0.1) is 10.2 Å². The normalized spacial score (nSPS) is 16.8. The van der Waals surface area contributed by atoms with Gasteiger partial charge in [-0.25, -0.2) is 4.79 Å². The van der Waals surface area contributed by atoms with Crippen LogP contribution < -0.4 is 26.4 Å². The van der Waals surface area contributed by atoms with Crippen molar-refractivity contribution in [3.8, 4) is 22.8 Å². The number of imide groups is 1. The van der Waals surface area contributed by atoms with Crippen LogP contribution in [-0.2, 0) is 29.6 Å². The first kappa shape index (κ1) is 33.8. The number of nitrogens with zero attached hydrogens (tertiary/aromatic N) is 6. The number of rotatable bonds is 11. The highest BCUT2D eigenvalue weighted by Gasteiger charge is 2.31. The highest BCUT2D eigenvalue weighted by molar-refractivity contribution is 6.00. The molecule has 0 radical (unpaired) electrons. The van der Waals surface area contributed by atoms with Gasteiger partial charge < -0.3 is 20.5 Å². The van der Waals surface area contributed by atoms with Gasteiger partial charge >= 0.3 is 5.69 Å². The molecule has 2 amide bonds. The van der Waals surface area contributed by atoms with E-state index in [2.05, 4.69) is 37.4 Å². The number of piperazine rings is 1. The maximum atomic E-state index is 13.1. The van der Waals surface area contributed by atoms with Crippen molar-refractivity contribution in [1.82, 2.24) is 29.5 Å². The standard InChI is InChI=1S/C38H42N8O5/c1-43-32-22-25(12-13-30(32)46(38(43)50)31-14-15-35(48)40-37(31)49)7-4-5-20-51-27-9-6-8-26(21-27)24-44-16-18-45(19-17-44)33-23-29(41-42-36(33)39)28-10-2-3-11-34(28)47/h2-3,6,8-13,21-23,31,47H,4-5,7,14-20,24H2,1H3,(H2,39,42)(H,40,48,49). The zero-order valence-electron chi connectivity index (χ0n) is 28.6. The van der Waals surface area contributed by atoms with Crippen molar-refractivity contribution in [3.05, 3.63) is 94.4 Å². The second kappa shape index (κ2) is 14.7. The number of hydrogen-bond donors (Lipinski definition) is 3. The number of unbranched alkanes of at least 4 members (excludes halogenated alkanes) is 1. The molecule has 0 aliphatic carbocycles. The van der Waals surface area contributed by atoms with E-state index in [-0.39, 0.29) is 23.8 Å². The van der Waals surface area contributed by atoms with Gasteiger partial charge in [0.05, 0.1) is 29.0 Å². The summed E-state index contributed by atoms with van der Waals surface area (Å²) in [4.78, 5) is 41.8. The molecule has 1 unspecified atom stereocenters. The van der Waals surface area contributed by atoms with Gasteiger partial charge in [0, 0.05) is 51.8 Å².